The van der Waals surface area contributed by atoms with E-state index in [-0.39, 0.29) is 11.3 Å². The smallest absolute Gasteiger partial charge is 0.255 e. The number of hydrogen-bond donors (Lipinski definition) is 4. The molecular formula is C14H16N4O2. The van der Waals surface area contributed by atoms with Gasteiger partial charge in [0.15, 0.2) is 0 Å². The minimum Gasteiger partial charge on any atom is -0.508 e. The van der Waals surface area contributed by atoms with Crippen LogP contribution in [0.1, 0.15) is 11.3 Å². The van der Waals surface area contributed by atoms with Crippen molar-refractivity contribution in [1.29, 1.82) is 0 Å². The summed E-state index contributed by atoms with van der Waals surface area (Å²) in [5, 5.41) is 15.7. The lowest BCUT2D eigenvalue weighted by molar-refractivity contribution is 0.475. The molecule has 0 saturated heterocycles. The molecule has 0 amide bonds. The zero-order chi connectivity index (χ0) is 13.9. The summed E-state index contributed by atoms with van der Waals surface area (Å²) in [5.74, 6) is 0.567. The second kappa shape index (κ2) is 5.34. The molecule has 2 aromatic rings. The summed E-state index contributed by atoms with van der Waals surface area (Å²) in [7, 11) is 0. The van der Waals surface area contributed by atoms with Gasteiger partial charge in [0.25, 0.3) is 5.56 Å². The van der Waals surface area contributed by atoms with E-state index in [1.165, 1.54) is 0 Å². The number of aromatic hydroxyl groups is 1. The lowest BCUT2D eigenvalue weighted by atomic mass is 10.1. The SMILES string of the molecule is O=c1[nH]c(Nc2cccc(O)c2)nc2c1CCNCC2. The molecule has 0 bridgehead atoms. The Bertz CT molecular complexity index is 681. The van der Waals surface area contributed by atoms with Gasteiger partial charge in [-0.3, -0.25) is 9.78 Å². The monoisotopic (exact) mass is 272 g/mol. The van der Waals surface area contributed by atoms with Gasteiger partial charge in [0.1, 0.15) is 5.75 Å². The van der Waals surface area contributed by atoms with Crippen molar-refractivity contribution in [1.82, 2.24) is 15.3 Å². The summed E-state index contributed by atoms with van der Waals surface area (Å²) in [4.78, 5) is 19.3. The molecule has 0 atom stereocenters. The van der Waals surface area contributed by atoms with Crippen molar-refractivity contribution >= 4 is 11.6 Å². The van der Waals surface area contributed by atoms with Gasteiger partial charge in [-0.1, -0.05) is 6.07 Å². The van der Waals surface area contributed by atoms with Crippen LogP contribution >= 0.6 is 0 Å². The molecule has 1 aliphatic rings. The molecule has 0 aliphatic carbocycles. The molecule has 0 saturated carbocycles. The summed E-state index contributed by atoms with van der Waals surface area (Å²) in [6.07, 6.45) is 1.44. The molecule has 4 N–H and O–H groups in total. The molecule has 0 unspecified atom stereocenters. The Hall–Kier alpha value is -2.34. The van der Waals surface area contributed by atoms with E-state index >= 15 is 0 Å². The van der Waals surface area contributed by atoms with Gasteiger partial charge in [-0.2, -0.15) is 0 Å². The zero-order valence-electron chi connectivity index (χ0n) is 10.9. The van der Waals surface area contributed by atoms with Crippen LogP contribution in [0.2, 0.25) is 0 Å². The fourth-order valence-electron chi connectivity index (χ4n) is 2.33. The van der Waals surface area contributed by atoms with Crippen LogP contribution < -0.4 is 16.2 Å². The predicted molar refractivity (Wildman–Crippen MR) is 76.5 cm³/mol. The van der Waals surface area contributed by atoms with Crippen molar-refractivity contribution in [3.05, 3.63) is 45.9 Å². The van der Waals surface area contributed by atoms with Crippen molar-refractivity contribution in [2.45, 2.75) is 12.8 Å². The molecular weight excluding hydrogens is 256 g/mol. The molecule has 0 fully saturated rings. The van der Waals surface area contributed by atoms with E-state index in [9.17, 15) is 9.90 Å². The zero-order valence-corrected chi connectivity index (χ0v) is 10.9. The standard InChI is InChI=1S/C14H16N4O2/c19-10-3-1-2-9(8-10)16-14-17-12-5-7-15-6-4-11(12)13(20)18-14/h1-3,8,15,19H,4-7H2,(H2,16,17,18,20). The van der Waals surface area contributed by atoms with E-state index < -0.39 is 0 Å². The van der Waals surface area contributed by atoms with Crippen molar-refractivity contribution in [3.63, 3.8) is 0 Å². The highest BCUT2D eigenvalue weighted by molar-refractivity contribution is 5.55. The van der Waals surface area contributed by atoms with Crippen LogP contribution in [0, 0.1) is 0 Å². The van der Waals surface area contributed by atoms with Crippen LogP contribution in [-0.4, -0.2) is 28.2 Å². The summed E-state index contributed by atoms with van der Waals surface area (Å²) in [5.41, 5.74) is 2.18. The molecule has 0 spiro atoms. The Morgan fingerprint density at radius 1 is 1.25 bits per heavy atom. The fraction of sp³-hybridized carbons (Fsp3) is 0.286. The first-order chi connectivity index (χ1) is 9.72. The predicted octanol–water partition coefficient (Wildman–Crippen LogP) is 0.907. The van der Waals surface area contributed by atoms with Crippen LogP contribution in [0.5, 0.6) is 5.75 Å². The van der Waals surface area contributed by atoms with Crippen LogP contribution in [0.25, 0.3) is 0 Å². The molecule has 6 heteroatoms. The molecule has 104 valence electrons. The van der Waals surface area contributed by atoms with Gasteiger partial charge in [0.05, 0.1) is 5.69 Å². The maximum atomic E-state index is 12.1. The molecule has 0 radical (unpaired) electrons. The third-order valence-electron chi connectivity index (χ3n) is 3.30. The molecule has 1 aromatic carbocycles. The van der Waals surface area contributed by atoms with E-state index in [0.29, 0.717) is 18.1 Å². The second-order valence-corrected chi connectivity index (χ2v) is 4.77. The Morgan fingerprint density at radius 3 is 2.95 bits per heavy atom. The largest absolute Gasteiger partial charge is 0.508 e. The first-order valence-electron chi connectivity index (χ1n) is 6.61. The maximum absolute atomic E-state index is 12.1. The number of hydrogen-bond acceptors (Lipinski definition) is 5. The van der Waals surface area contributed by atoms with Crippen molar-refractivity contribution in [2.24, 2.45) is 0 Å². The molecule has 3 rings (SSSR count). The van der Waals surface area contributed by atoms with Crippen LogP contribution in [0.15, 0.2) is 29.1 Å². The molecule has 1 aliphatic heterocycles. The van der Waals surface area contributed by atoms with Crippen molar-refractivity contribution in [3.8, 4) is 5.75 Å². The Morgan fingerprint density at radius 2 is 2.10 bits per heavy atom. The van der Waals surface area contributed by atoms with E-state index in [0.717, 1.165) is 30.8 Å². The molecule has 20 heavy (non-hydrogen) atoms. The summed E-state index contributed by atoms with van der Waals surface area (Å²) < 4.78 is 0. The summed E-state index contributed by atoms with van der Waals surface area (Å²) in [6, 6.07) is 6.69. The van der Waals surface area contributed by atoms with E-state index in [1.54, 1.807) is 24.3 Å². The van der Waals surface area contributed by atoms with Gasteiger partial charge in [-0.25, -0.2) is 4.98 Å². The minimum atomic E-state index is -0.0960. The van der Waals surface area contributed by atoms with Gasteiger partial charge in [-0.15, -0.1) is 0 Å². The number of benzene rings is 1. The minimum absolute atomic E-state index is 0.0960. The van der Waals surface area contributed by atoms with Crippen LogP contribution in [-0.2, 0) is 12.8 Å². The maximum Gasteiger partial charge on any atom is 0.255 e. The lowest BCUT2D eigenvalue weighted by Crippen LogP contribution is -2.20. The number of fused-ring (bicyclic) bond motifs is 1. The fourth-order valence-corrected chi connectivity index (χ4v) is 2.33. The highest BCUT2D eigenvalue weighted by Crippen LogP contribution is 2.18. The highest BCUT2D eigenvalue weighted by atomic mass is 16.3. The van der Waals surface area contributed by atoms with Crippen LogP contribution in [0.3, 0.4) is 0 Å². The second-order valence-electron chi connectivity index (χ2n) is 4.77. The van der Waals surface area contributed by atoms with E-state index in [2.05, 4.69) is 20.6 Å². The third kappa shape index (κ3) is 2.65. The van der Waals surface area contributed by atoms with Crippen LogP contribution in [0.4, 0.5) is 11.6 Å². The number of aromatic nitrogens is 2. The number of nitrogens with zero attached hydrogens (tertiary/aromatic N) is 1. The van der Waals surface area contributed by atoms with Gasteiger partial charge < -0.3 is 15.7 Å². The highest BCUT2D eigenvalue weighted by Gasteiger charge is 2.14. The van der Waals surface area contributed by atoms with Crippen molar-refractivity contribution < 1.29 is 5.11 Å². The molecule has 1 aromatic heterocycles. The summed E-state index contributed by atoms with van der Waals surface area (Å²) in [6.45, 7) is 1.63. The Balaban J connectivity index is 1.93. The normalized spacial score (nSPS) is 14.4. The number of phenolic OH excluding ortho intramolecular Hbond substituents is 1. The molecule has 6 nitrogen and oxygen atoms in total. The number of H-pyrrole nitrogens is 1. The van der Waals surface area contributed by atoms with Gasteiger partial charge in [0.2, 0.25) is 5.95 Å². The number of rotatable bonds is 2. The lowest BCUT2D eigenvalue weighted by Gasteiger charge is -2.09. The van der Waals surface area contributed by atoms with Crippen molar-refractivity contribution in [2.75, 3.05) is 18.4 Å². The van der Waals surface area contributed by atoms with Gasteiger partial charge in [-0.05, 0) is 25.1 Å². The molecule has 2 heterocycles. The average Bonchev–Trinajstić information content (AvgIpc) is 2.64. The van der Waals surface area contributed by atoms with E-state index in [1.807, 2.05) is 0 Å². The first-order valence-corrected chi connectivity index (χ1v) is 6.61. The first kappa shape index (κ1) is 12.7. The quantitative estimate of drug-likeness (QED) is 0.652. The Kier molecular flexibility index (Phi) is 3.39. The third-order valence-corrected chi connectivity index (χ3v) is 3.30. The number of anilines is 2. The number of nitrogens with one attached hydrogen (secondary N) is 3. The Labute approximate surface area is 115 Å². The van der Waals surface area contributed by atoms with Gasteiger partial charge in [0, 0.05) is 30.3 Å². The number of phenols is 1. The topological polar surface area (TPSA) is 90.0 Å². The number of aromatic amines is 1. The summed E-state index contributed by atoms with van der Waals surface area (Å²) >= 11 is 0. The van der Waals surface area contributed by atoms with Gasteiger partial charge >= 0.3 is 0 Å². The average molecular weight is 272 g/mol. The van der Waals surface area contributed by atoms with E-state index in [4.69, 9.17) is 0 Å².